The second kappa shape index (κ2) is 12.2. The molecule has 2 heterocycles. The summed E-state index contributed by atoms with van der Waals surface area (Å²) in [5.74, 6) is 2.28. The molecule has 2 aromatic rings. The number of aliphatic imine (C=N–C) groups is 1. The number of benzene rings is 1. The van der Waals surface area contributed by atoms with Crippen LogP contribution in [0.25, 0.3) is 0 Å². The SMILES string of the molecule is CCCCOc1ncccc1CNC(=NC)NCc1ccc(C)cc1OC1CCOC1. The van der Waals surface area contributed by atoms with Crippen LogP contribution in [0.5, 0.6) is 11.6 Å². The van der Waals surface area contributed by atoms with E-state index < -0.39 is 0 Å². The highest BCUT2D eigenvalue weighted by atomic mass is 16.5. The Kier molecular flexibility index (Phi) is 8.97. The number of hydrogen-bond donors (Lipinski definition) is 2. The van der Waals surface area contributed by atoms with E-state index in [0.717, 1.165) is 42.7 Å². The van der Waals surface area contributed by atoms with Gasteiger partial charge in [-0.2, -0.15) is 0 Å². The van der Waals surface area contributed by atoms with Gasteiger partial charge >= 0.3 is 0 Å². The van der Waals surface area contributed by atoms with Crippen LogP contribution < -0.4 is 20.1 Å². The fraction of sp³-hybridized carbons (Fsp3) is 0.500. The van der Waals surface area contributed by atoms with Crippen LogP contribution in [0.2, 0.25) is 0 Å². The molecule has 0 amide bonds. The van der Waals surface area contributed by atoms with Crippen LogP contribution in [0.4, 0.5) is 0 Å². The molecule has 7 heteroatoms. The Balaban J connectivity index is 1.57. The number of hydrogen-bond acceptors (Lipinski definition) is 5. The number of guanidine groups is 1. The van der Waals surface area contributed by atoms with E-state index in [9.17, 15) is 0 Å². The number of ether oxygens (including phenoxy) is 3. The van der Waals surface area contributed by atoms with Gasteiger partial charge in [0.05, 0.1) is 19.8 Å². The summed E-state index contributed by atoms with van der Waals surface area (Å²) in [5, 5.41) is 6.73. The molecular formula is C24H34N4O3. The Labute approximate surface area is 185 Å². The molecule has 1 aliphatic heterocycles. The molecule has 1 unspecified atom stereocenters. The Hall–Kier alpha value is -2.80. The van der Waals surface area contributed by atoms with Crippen molar-refractivity contribution in [3.8, 4) is 11.6 Å². The summed E-state index contributed by atoms with van der Waals surface area (Å²) in [7, 11) is 1.76. The molecule has 0 spiro atoms. The second-order valence-corrected chi connectivity index (χ2v) is 7.66. The normalized spacial score (nSPS) is 16.2. The molecule has 1 aromatic carbocycles. The molecule has 0 saturated carbocycles. The monoisotopic (exact) mass is 426 g/mol. The first kappa shape index (κ1) is 22.9. The lowest BCUT2D eigenvalue weighted by atomic mass is 10.1. The average molecular weight is 427 g/mol. The van der Waals surface area contributed by atoms with Gasteiger partial charge in [0.15, 0.2) is 5.96 Å². The highest BCUT2D eigenvalue weighted by Crippen LogP contribution is 2.24. The van der Waals surface area contributed by atoms with Gasteiger partial charge < -0.3 is 24.8 Å². The molecule has 2 N–H and O–H groups in total. The van der Waals surface area contributed by atoms with Crippen molar-refractivity contribution < 1.29 is 14.2 Å². The molecule has 31 heavy (non-hydrogen) atoms. The topological polar surface area (TPSA) is 77.0 Å². The van der Waals surface area contributed by atoms with E-state index >= 15 is 0 Å². The molecular weight excluding hydrogens is 392 g/mol. The fourth-order valence-corrected chi connectivity index (χ4v) is 3.28. The van der Waals surface area contributed by atoms with E-state index in [4.69, 9.17) is 14.2 Å². The van der Waals surface area contributed by atoms with Gasteiger partial charge in [-0.25, -0.2) is 4.98 Å². The minimum absolute atomic E-state index is 0.120. The molecule has 1 aliphatic rings. The van der Waals surface area contributed by atoms with Gasteiger partial charge in [0.25, 0.3) is 0 Å². The molecule has 1 saturated heterocycles. The number of nitrogens with zero attached hydrogens (tertiary/aromatic N) is 2. The summed E-state index contributed by atoms with van der Waals surface area (Å²) in [4.78, 5) is 8.71. The summed E-state index contributed by atoms with van der Waals surface area (Å²) < 4.78 is 17.5. The lowest BCUT2D eigenvalue weighted by Gasteiger charge is -2.18. The van der Waals surface area contributed by atoms with Crippen LogP contribution >= 0.6 is 0 Å². The van der Waals surface area contributed by atoms with Gasteiger partial charge in [-0.1, -0.05) is 31.5 Å². The average Bonchev–Trinajstić information content (AvgIpc) is 3.29. The number of rotatable bonds is 10. The van der Waals surface area contributed by atoms with Crippen molar-refractivity contribution in [1.82, 2.24) is 15.6 Å². The zero-order chi connectivity index (χ0) is 21.9. The van der Waals surface area contributed by atoms with Crippen molar-refractivity contribution in [3.05, 3.63) is 53.2 Å². The van der Waals surface area contributed by atoms with Gasteiger partial charge in [0.2, 0.25) is 5.88 Å². The maximum absolute atomic E-state index is 6.19. The van der Waals surface area contributed by atoms with Crippen LogP contribution in [0.1, 0.15) is 42.9 Å². The van der Waals surface area contributed by atoms with E-state index in [1.165, 1.54) is 5.56 Å². The summed E-state index contributed by atoms with van der Waals surface area (Å²) in [6.45, 7) is 7.49. The molecule has 168 valence electrons. The van der Waals surface area contributed by atoms with Gasteiger partial charge in [-0.05, 0) is 31.0 Å². The smallest absolute Gasteiger partial charge is 0.218 e. The lowest BCUT2D eigenvalue weighted by molar-refractivity contribution is 0.140. The number of aryl methyl sites for hydroxylation is 1. The van der Waals surface area contributed by atoms with E-state index in [-0.39, 0.29) is 6.10 Å². The molecule has 0 radical (unpaired) electrons. The van der Waals surface area contributed by atoms with Crippen molar-refractivity contribution >= 4 is 5.96 Å². The van der Waals surface area contributed by atoms with Gasteiger partial charge in [0.1, 0.15) is 11.9 Å². The highest BCUT2D eigenvalue weighted by molar-refractivity contribution is 5.79. The van der Waals surface area contributed by atoms with Crippen molar-refractivity contribution in [2.45, 2.75) is 52.3 Å². The second-order valence-electron chi connectivity index (χ2n) is 7.66. The number of nitrogens with one attached hydrogen (secondary N) is 2. The third kappa shape index (κ3) is 7.14. The summed E-state index contributed by atoms with van der Waals surface area (Å²) >= 11 is 0. The Morgan fingerprint density at radius 2 is 2.06 bits per heavy atom. The number of unbranched alkanes of at least 4 members (excludes halogenated alkanes) is 1. The summed E-state index contributed by atoms with van der Waals surface area (Å²) in [6.07, 6.45) is 4.91. The fourth-order valence-electron chi connectivity index (χ4n) is 3.28. The molecule has 7 nitrogen and oxygen atoms in total. The number of aromatic nitrogens is 1. The van der Waals surface area contributed by atoms with E-state index in [1.54, 1.807) is 13.2 Å². The zero-order valence-electron chi connectivity index (χ0n) is 18.8. The first-order valence-corrected chi connectivity index (χ1v) is 11.0. The lowest BCUT2D eigenvalue weighted by Crippen LogP contribution is -2.36. The Morgan fingerprint density at radius 3 is 2.81 bits per heavy atom. The summed E-state index contributed by atoms with van der Waals surface area (Å²) in [5.41, 5.74) is 3.26. The first-order chi connectivity index (χ1) is 15.2. The molecule has 0 bridgehead atoms. The molecule has 1 atom stereocenters. The molecule has 1 aromatic heterocycles. The van der Waals surface area contributed by atoms with Crippen molar-refractivity contribution in [1.29, 1.82) is 0 Å². The predicted octanol–water partition coefficient (Wildman–Crippen LogP) is 3.60. The van der Waals surface area contributed by atoms with Crippen molar-refractivity contribution in [2.75, 3.05) is 26.9 Å². The van der Waals surface area contributed by atoms with E-state index in [1.807, 2.05) is 12.1 Å². The minimum atomic E-state index is 0.120. The first-order valence-electron chi connectivity index (χ1n) is 11.0. The largest absolute Gasteiger partial charge is 0.488 e. The van der Waals surface area contributed by atoms with Crippen LogP contribution in [0.15, 0.2) is 41.5 Å². The predicted molar refractivity (Wildman–Crippen MR) is 123 cm³/mol. The molecule has 3 rings (SSSR count). The van der Waals surface area contributed by atoms with Crippen LogP contribution in [0.3, 0.4) is 0 Å². The standard InChI is InChI=1S/C24H34N4O3/c1-4-5-12-30-23-20(7-6-11-26-23)16-28-24(25-3)27-15-19-9-8-18(2)14-22(19)31-21-10-13-29-17-21/h6-9,11,14,21H,4-5,10,12-13,15-17H2,1-3H3,(H2,25,27,28). The Morgan fingerprint density at radius 1 is 1.23 bits per heavy atom. The van der Waals surface area contributed by atoms with Crippen molar-refractivity contribution in [2.24, 2.45) is 4.99 Å². The quantitative estimate of drug-likeness (QED) is 0.343. The minimum Gasteiger partial charge on any atom is -0.488 e. The number of pyridine rings is 1. The van der Waals surface area contributed by atoms with E-state index in [2.05, 4.69) is 52.7 Å². The third-order valence-electron chi connectivity index (χ3n) is 5.11. The third-order valence-corrected chi connectivity index (χ3v) is 5.11. The van der Waals surface area contributed by atoms with Gasteiger partial charge in [-0.3, -0.25) is 4.99 Å². The summed E-state index contributed by atoms with van der Waals surface area (Å²) in [6, 6.07) is 10.2. The highest BCUT2D eigenvalue weighted by Gasteiger charge is 2.19. The zero-order valence-corrected chi connectivity index (χ0v) is 18.8. The van der Waals surface area contributed by atoms with Crippen LogP contribution in [-0.4, -0.2) is 43.9 Å². The maximum Gasteiger partial charge on any atom is 0.218 e. The van der Waals surface area contributed by atoms with Gasteiger partial charge in [0, 0.05) is 43.9 Å². The van der Waals surface area contributed by atoms with Crippen LogP contribution in [0, 0.1) is 6.92 Å². The van der Waals surface area contributed by atoms with Crippen molar-refractivity contribution in [3.63, 3.8) is 0 Å². The Bertz CT molecular complexity index is 850. The van der Waals surface area contributed by atoms with Gasteiger partial charge in [-0.15, -0.1) is 0 Å². The van der Waals surface area contributed by atoms with E-state index in [0.29, 0.717) is 38.1 Å². The maximum atomic E-state index is 6.19. The molecule has 0 aliphatic carbocycles. The van der Waals surface area contributed by atoms with Crippen LogP contribution in [-0.2, 0) is 17.8 Å². The molecule has 1 fully saturated rings.